The van der Waals surface area contributed by atoms with Crippen molar-refractivity contribution in [2.75, 3.05) is 0 Å². The van der Waals surface area contributed by atoms with Crippen LogP contribution in [0.3, 0.4) is 0 Å². The minimum Gasteiger partial charge on any atom is -0.456 e. The van der Waals surface area contributed by atoms with E-state index in [1.54, 1.807) is 0 Å². The molecular weight excluding hydrogens is 601 g/mol. The molecule has 0 spiro atoms. The maximum absolute atomic E-state index is 10.6. The molecule has 3 heterocycles. The minimum atomic E-state index is 0.510. The van der Waals surface area contributed by atoms with E-state index in [2.05, 4.69) is 106 Å². The van der Waals surface area contributed by atoms with Crippen LogP contribution in [0, 0.1) is 22.7 Å². The highest BCUT2D eigenvalue weighted by Gasteiger charge is 2.23. The largest absolute Gasteiger partial charge is 0.456 e. The second-order valence-electron chi connectivity index (χ2n) is 12.3. The van der Waals surface area contributed by atoms with Crippen molar-refractivity contribution in [3.63, 3.8) is 0 Å². The van der Waals surface area contributed by atoms with E-state index in [9.17, 15) is 10.5 Å². The third-order valence-electron chi connectivity index (χ3n) is 9.80. The van der Waals surface area contributed by atoms with Crippen molar-refractivity contribution in [1.82, 2.24) is 9.13 Å². The van der Waals surface area contributed by atoms with Crippen LogP contribution in [0.1, 0.15) is 11.1 Å². The maximum Gasteiger partial charge on any atom is 0.137 e. The van der Waals surface area contributed by atoms with Crippen molar-refractivity contribution in [3.8, 4) is 34.6 Å². The molecule has 10 rings (SSSR count). The number of furan rings is 1. The van der Waals surface area contributed by atoms with Crippen LogP contribution in [0.2, 0.25) is 0 Å². The van der Waals surface area contributed by atoms with Crippen LogP contribution in [0.15, 0.2) is 150 Å². The van der Waals surface area contributed by atoms with Gasteiger partial charge in [-0.1, -0.05) is 84.9 Å². The Morgan fingerprint density at radius 2 is 1.02 bits per heavy atom. The van der Waals surface area contributed by atoms with Crippen molar-refractivity contribution in [2.45, 2.75) is 0 Å². The lowest BCUT2D eigenvalue weighted by Crippen LogP contribution is -2.02. The SMILES string of the molecule is N#Cc1ccc(-n2c3ccccc3c3ccccc32)cc1-c1cccc(C#N)c1-n1c2ccccc2c2cc3c(cc21)oc1ccccc13. The first-order valence-electron chi connectivity index (χ1n) is 16.1. The van der Waals surface area contributed by atoms with E-state index in [1.165, 1.54) is 10.8 Å². The van der Waals surface area contributed by atoms with Crippen LogP contribution in [-0.4, -0.2) is 9.13 Å². The quantitative estimate of drug-likeness (QED) is 0.196. The molecule has 0 atom stereocenters. The standard InChI is InChI=1S/C44H24N4O/c45-25-27-20-21-29(47-38-16-5-1-11-30(38)31-12-2-6-17-39(31)47)22-35(27)34-15-9-10-28(26-46)44(34)48-40-18-7-3-13-32(40)36-23-37-33-14-4-8-19-42(33)49-43(37)24-41(36)48/h1-24H. The lowest BCUT2D eigenvalue weighted by atomic mass is 9.95. The first kappa shape index (κ1) is 27.1. The zero-order valence-corrected chi connectivity index (χ0v) is 26.1. The van der Waals surface area contributed by atoms with E-state index >= 15 is 0 Å². The molecule has 0 amide bonds. The summed E-state index contributed by atoms with van der Waals surface area (Å²) in [6, 6.07) is 54.1. The summed E-state index contributed by atoms with van der Waals surface area (Å²) in [4.78, 5) is 0. The van der Waals surface area contributed by atoms with Gasteiger partial charge in [0.2, 0.25) is 0 Å². The zero-order chi connectivity index (χ0) is 32.6. The molecule has 0 radical (unpaired) electrons. The third kappa shape index (κ3) is 3.79. The molecule has 0 fully saturated rings. The average molecular weight is 625 g/mol. The minimum absolute atomic E-state index is 0.510. The van der Waals surface area contributed by atoms with Crippen molar-refractivity contribution in [3.05, 3.63) is 157 Å². The first-order chi connectivity index (χ1) is 24.2. The fraction of sp³-hybridized carbons (Fsp3) is 0. The number of aromatic nitrogens is 2. The number of rotatable bonds is 3. The molecule has 0 N–H and O–H groups in total. The van der Waals surface area contributed by atoms with Crippen LogP contribution in [0.5, 0.6) is 0 Å². The monoisotopic (exact) mass is 624 g/mol. The highest BCUT2D eigenvalue weighted by molar-refractivity contribution is 6.18. The summed E-state index contributed by atoms with van der Waals surface area (Å²) in [6.45, 7) is 0. The summed E-state index contributed by atoms with van der Waals surface area (Å²) in [7, 11) is 0. The van der Waals surface area contributed by atoms with Gasteiger partial charge in [-0.3, -0.25) is 0 Å². The predicted octanol–water partition coefficient (Wildman–Crippen LogP) is 11.2. The second kappa shape index (κ2) is 10.2. The second-order valence-corrected chi connectivity index (χ2v) is 12.3. The van der Waals surface area contributed by atoms with Gasteiger partial charge < -0.3 is 13.6 Å². The summed E-state index contributed by atoms with van der Waals surface area (Å²) in [5.41, 5.74) is 9.93. The fourth-order valence-corrected chi connectivity index (χ4v) is 7.71. The average Bonchev–Trinajstić information content (AvgIpc) is 3.80. The van der Waals surface area contributed by atoms with Gasteiger partial charge in [0, 0.05) is 55.2 Å². The molecule has 5 heteroatoms. The lowest BCUT2D eigenvalue weighted by Gasteiger charge is -2.18. The van der Waals surface area contributed by atoms with E-state index in [1.807, 2.05) is 60.7 Å². The van der Waals surface area contributed by atoms with Gasteiger partial charge in [0.05, 0.1) is 45.0 Å². The van der Waals surface area contributed by atoms with Crippen LogP contribution in [0.25, 0.3) is 88.1 Å². The Kier molecular flexibility index (Phi) is 5.64. The van der Waals surface area contributed by atoms with Crippen molar-refractivity contribution in [2.24, 2.45) is 0 Å². The zero-order valence-electron chi connectivity index (χ0n) is 26.1. The normalized spacial score (nSPS) is 11.6. The topological polar surface area (TPSA) is 70.6 Å². The van der Waals surface area contributed by atoms with Crippen LogP contribution in [-0.2, 0) is 0 Å². The molecular formula is C44H24N4O. The van der Waals surface area contributed by atoms with E-state index in [4.69, 9.17) is 4.42 Å². The highest BCUT2D eigenvalue weighted by atomic mass is 16.3. The molecule has 10 aromatic rings. The molecule has 0 unspecified atom stereocenters. The molecule has 0 aliphatic rings. The number of nitrogens with zero attached hydrogens (tertiary/aromatic N) is 4. The molecule has 0 aliphatic carbocycles. The van der Waals surface area contributed by atoms with Gasteiger partial charge in [-0.05, 0) is 54.6 Å². The van der Waals surface area contributed by atoms with Gasteiger partial charge in [0.1, 0.15) is 17.2 Å². The van der Waals surface area contributed by atoms with Crippen LogP contribution >= 0.6 is 0 Å². The Hall–Kier alpha value is -7.08. The van der Waals surface area contributed by atoms with Gasteiger partial charge in [-0.15, -0.1) is 0 Å². The van der Waals surface area contributed by atoms with Gasteiger partial charge in [-0.2, -0.15) is 10.5 Å². The summed E-state index contributed by atoms with van der Waals surface area (Å²) in [5, 5.41) is 27.7. The predicted molar refractivity (Wildman–Crippen MR) is 197 cm³/mol. The highest BCUT2D eigenvalue weighted by Crippen LogP contribution is 2.42. The molecule has 5 nitrogen and oxygen atoms in total. The van der Waals surface area contributed by atoms with Gasteiger partial charge in [0.25, 0.3) is 0 Å². The smallest absolute Gasteiger partial charge is 0.137 e. The van der Waals surface area contributed by atoms with E-state index in [0.717, 1.165) is 77.3 Å². The lowest BCUT2D eigenvalue weighted by molar-refractivity contribution is 0.669. The number of para-hydroxylation sites is 5. The van der Waals surface area contributed by atoms with Gasteiger partial charge in [-0.25, -0.2) is 0 Å². The molecule has 3 aromatic heterocycles. The van der Waals surface area contributed by atoms with Crippen molar-refractivity contribution >= 4 is 65.6 Å². The number of fused-ring (bicyclic) bond motifs is 9. The number of benzene rings is 7. The molecule has 226 valence electrons. The van der Waals surface area contributed by atoms with Crippen molar-refractivity contribution < 1.29 is 4.42 Å². The van der Waals surface area contributed by atoms with E-state index in [0.29, 0.717) is 11.1 Å². The number of hydrogen-bond donors (Lipinski definition) is 0. The Morgan fingerprint density at radius 3 is 1.71 bits per heavy atom. The molecule has 0 aliphatic heterocycles. The van der Waals surface area contributed by atoms with Gasteiger partial charge >= 0.3 is 0 Å². The summed E-state index contributed by atoms with van der Waals surface area (Å²) < 4.78 is 10.8. The summed E-state index contributed by atoms with van der Waals surface area (Å²) >= 11 is 0. The molecule has 49 heavy (non-hydrogen) atoms. The van der Waals surface area contributed by atoms with E-state index < -0.39 is 0 Å². The van der Waals surface area contributed by atoms with E-state index in [-0.39, 0.29) is 0 Å². The first-order valence-corrected chi connectivity index (χ1v) is 16.1. The Morgan fingerprint density at radius 1 is 0.408 bits per heavy atom. The molecule has 0 bridgehead atoms. The van der Waals surface area contributed by atoms with Crippen molar-refractivity contribution in [1.29, 1.82) is 10.5 Å². The van der Waals surface area contributed by atoms with Gasteiger partial charge in [0.15, 0.2) is 0 Å². The Balaban J connectivity index is 1.30. The van der Waals surface area contributed by atoms with Crippen LogP contribution in [0.4, 0.5) is 0 Å². The maximum atomic E-state index is 10.6. The fourth-order valence-electron chi connectivity index (χ4n) is 7.71. The molecule has 0 saturated heterocycles. The number of hydrogen-bond acceptors (Lipinski definition) is 3. The molecule has 7 aromatic carbocycles. The Bertz CT molecular complexity index is 3030. The van der Waals surface area contributed by atoms with Crippen LogP contribution < -0.4 is 0 Å². The number of nitriles is 2. The Labute approximate surface area is 280 Å². The summed E-state index contributed by atoms with van der Waals surface area (Å²) in [5.74, 6) is 0. The third-order valence-corrected chi connectivity index (χ3v) is 9.80. The molecule has 0 saturated carbocycles. The summed E-state index contributed by atoms with van der Waals surface area (Å²) in [6.07, 6.45) is 0.